The van der Waals surface area contributed by atoms with E-state index in [1.165, 1.54) is 23.8 Å². The minimum atomic E-state index is -4.50. The van der Waals surface area contributed by atoms with Crippen molar-refractivity contribution in [2.45, 2.75) is 38.3 Å². The van der Waals surface area contributed by atoms with Crippen LogP contribution in [-0.2, 0) is 19.4 Å². The number of hydrogen-bond acceptors (Lipinski definition) is 6. The molecule has 2 aromatic carbocycles. The fraction of sp³-hybridized carbons (Fsp3) is 0.423. The second-order valence-electron chi connectivity index (χ2n) is 9.10. The number of pyridine rings is 1. The highest BCUT2D eigenvalue weighted by Crippen LogP contribution is 2.34. The molecule has 192 valence electrons. The molecule has 10 heteroatoms. The van der Waals surface area contributed by atoms with Crippen molar-refractivity contribution >= 4 is 10.9 Å². The Kier molecular flexibility index (Phi) is 6.81. The van der Waals surface area contributed by atoms with E-state index in [0.29, 0.717) is 31.2 Å². The molecule has 36 heavy (non-hydrogen) atoms. The number of halogens is 3. The van der Waals surface area contributed by atoms with Crippen molar-refractivity contribution in [3.8, 4) is 17.2 Å². The molecule has 0 atom stereocenters. The first-order valence-electron chi connectivity index (χ1n) is 11.9. The SMILES string of the molecule is COc1cc(=O)n(CN2CCC(NCc3ccc4c(c3)OCCO4)CC2)c2cc(C(F)(F)F)ccc12. The fourth-order valence-corrected chi connectivity index (χ4v) is 4.78. The Balaban J connectivity index is 1.25. The summed E-state index contributed by atoms with van der Waals surface area (Å²) in [6, 6.07) is 11.0. The molecule has 1 saturated heterocycles. The zero-order valence-electron chi connectivity index (χ0n) is 19.9. The molecule has 7 nitrogen and oxygen atoms in total. The topological polar surface area (TPSA) is 65.0 Å². The van der Waals surface area contributed by atoms with E-state index >= 15 is 0 Å². The van der Waals surface area contributed by atoms with Gasteiger partial charge in [-0.1, -0.05) is 6.07 Å². The number of nitrogens with zero attached hydrogens (tertiary/aromatic N) is 2. The molecule has 1 fully saturated rings. The Morgan fingerprint density at radius 1 is 1.03 bits per heavy atom. The fourth-order valence-electron chi connectivity index (χ4n) is 4.78. The van der Waals surface area contributed by atoms with E-state index in [2.05, 4.69) is 10.2 Å². The van der Waals surface area contributed by atoms with Crippen LogP contribution in [-0.4, -0.2) is 48.9 Å². The summed E-state index contributed by atoms with van der Waals surface area (Å²) in [4.78, 5) is 14.9. The predicted molar refractivity (Wildman–Crippen MR) is 129 cm³/mol. The third-order valence-corrected chi connectivity index (χ3v) is 6.75. The maximum atomic E-state index is 13.4. The van der Waals surface area contributed by atoms with E-state index in [0.717, 1.165) is 55.1 Å². The molecule has 5 rings (SSSR count). The standard InChI is InChI=1S/C26H28F3N3O4/c1-34-23-14-25(33)32(21-13-18(26(27,28)29)3-4-20(21)23)16-31-8-6-19(7-9-31)30-15-17-2-5-22-24(12-17)36-11-10-35-22/h2-5,12-14,19,30H,6-11,15-16H2,1H3. The second kappa shape index (κ2) is 10.0. The van der Waals surface area contributed by atoms with Crippen molar-refractivity contribution in [3.63, 3.8) is 0 Å². The van der Waals surface area contributed by atoms with E-state index in [1.807, 2.05) is 18.2 Å². The van der Waals surface area contributed by atoms with Gasteiger partial charge in [-0.15, -0.1) is 0 Å². The van der Waals surface area contributed by atoms with Crippen molar-refractivity contribution < 1.29 is 27.4 Å². The van der Waals surface area contributed by atoms with E-state index in [1.54, 1.807) is 0 Å². The van der Waals surface area contributed by atoms with Crippen LogP contribution >= 0.6 is 0 Å². The lowest BCUT2D eigenvalue weighted by Gasteiger charge is -2.33. The largest absolute Gasteiger partial charge is 0.496 e. The molecule has 0 amide bonds. The summed E-state index contributed by atoms with van der Waals surface area (Å²) in [5, 5.41) is 4.05. The highest BCUT2D eigenvalue weighted by Gasteiger charge is 2.31. The molecule has 1 N–H and O–H groups in total. The minimum Gasteiger partial charge on any atom is -0.496 e. The lowest BCUT2D eigenvalue weighted by atomic mass is 10.0. The summed E-state index contributed by atoms with van der Waals surface area (Å²) in [6.07, 6.45) is -2.78. The van der Waals surface area contributed by atoms with Crippen LogP contribution in [0, 0.1) is 0 Å². The molecule has 0 saturated carbocycles. The normalized spacial score (nSPS) is 16.9. The van der Waals surface area contributed by atoms with Crippen molar-refractivity contribution in [2.24, 2.45) is 0 Å². The number of rotatable bonds is 6. The first-order chi connectivity index (χ1) is 17.3. The van der Waals surface area contributed by atoms with Gasteiger partial charge in [0.25, 0.3) is 5.56 Å². The summed E-state index contributed by atoms with van der Waals surface area (Å²) in [7, 11) is 1.40. The summed E-state index contributed by atoms with van der Waals surface area (Å²) in [5.41, 5.74) is 0.141. The van der Waals surface area contributed by atoms with Gasteiger partial charge in [-0.2, -0.15) is 13.2 Å². The number of methoxy groups -OCH3 is 1. The summed E-state index contributed by atoms with van der Waals surface area (Å²) >= 11 is 0. The number of likely N-dealkylation sites (tertiary alicyclic amines) is 1. The number of hydrogen-bond donors (Lipinski definition) is 1. The van der Waals surface area contributed by atoms with Crippen molar-refractivity contribution in [1.29, 1.82) is 0 Å². The van der Waals surface area contributed by atoms with Crippen molar-refractivity contribution in [1.82, 2.24) is 14.8 Å². The molecular formula is C26H28F3N3O4. The molecule has 3 heterocycles. The zero-order chi connectivity index (χ0) is 25.3. The minimum absolute atomic E-state index is 0.216. The summed E-state index contributed by atoms with van der Waals surface area (Å²) in [6.45, 7) is 3.46. The first kappa shape index (κ1) is 24.5. The Morgan fingerprint density at radius 2 is 1.78 bits per heavy atom. The number of piperidine rings is 1. The molecule has 2 aliphatic heterocycles. The van der Waals surface area contributed by atoms with Crippen LogP contribution in [0.5, 0.6) is 17.2 Å². The van der Waals surface area contributed by atoms with Gasteiger partial charge in [-0.3, -0.25) is 14.3 Å². The lowest BCUT2D eigenvalue weighted by Crippen LogP contribution is -2.44. The zero-order valence-corrected chi connectivity index (χ0v) is 19.9. The van der Waals surface area contributed by atoms with Gasteiger partial charge in [0.1, 0.15) is 19.0 Å². The molecular weight excluding hydrogens is 475 g/mol. The van der Waals surface area contributed by atoms with Crippen LogP contribution in [0.3, 0.4) is 0 Å². The number of ether oxygens (including phenoxy) is 3. The average molecular weight is 504 g/mol. The van der Waals surface area contributed by atoms with Crippen LogP contribution in [0.25, 0.3) is 10.9 Å². The average Bonchev–Trinajstić information content (AvgIpc) is 2.88. The van der Waals surface area contributed by atoms with Gasteiger partial charge in [0.05, 0.1) is 24.9 Å². The Bertz CT molecular complexity index is 1300. The van der Waals surface area contributed by atoms with Crippen LogP contribution in [0.2, 0.25) is 0 Å². The second-order valence-corrected chi connectivity index (χ2v) is 9.10. The lowest BCUT2D eigenvalue weighted by molar-refractivity contribution is -0.137. The maximum Gasteiger partial charge on any atom is 0.416 e. The smallest absolute Gasteiger partial charge is 0.416 e. The van der Waals surface area contributed by atoms with Crippen LogP contribution < -0.4 is 25.1 Å². The van der Waals surface area contributed by atoms with Crippen LogP contribution in [0.4, 0.5) is 13.2 Å². The third kappa shape index (κ3) is 5.15. The van der Waals surface area contributed by atoms with Crippen LogP contribution in [0.15, 0.2) is 47.3 Å². The Hall–Kier alpha value is -3.24. The number of benzene rings is 2. The highest BCUT2D eigenvalue weighted by atomic mass is 19.4. The van der Waals surface area contributed by atoms with Gasteiger partial charge >= 0.3 is 6.18 Å². The van der Waals surface area contributed by atoms with Gasteiger partial charge < -0.3 is 19.5 Å². The molecule has 2 aliphatic rings. The predicted octanol–water partition coefficient (Wildman–Crippen LogP) is 4.01. The van der Waals surface area contributed by atoms with Crippen LogP contribution in [0.1, 0.15) is 24.0 Å². The van der Waals surface area contributed by atoms with E-state index in [-0.39, 0.29) is 17.9 Å². The van der Waals surface area contributed by atoms with Gasteiger partial charge in [0.15, 0.2) is 11.5 Å². The molecule has 0 bridgehead atoms. The van der Waals surface area contributed by atoms with E-state index in [9.17, 15) is 18.0 Å². The highest BCUT2D eigenvalue weighted by molar-refractivity contribution is 5.86. The summed E-state index contributed by atoms with van der Waals surface area (Å²) < 4.78 is 58.0. The van der Waals surface area contributed by atoms with E-state index < -0.39 is 17.3 Å². The van der Waals surface area contributed by atoms with Crippen molar-refractivity contribution in [2.75, 3.05) is 33.4 Å². The maximum absolute atomic E-state index is 13.4. The summed E-state index contributed by atoms with van der Waals surface area (Å²) in [5.74, 6) is 1.80. The Labute approximate surface area is 206 Å². The Morgan fingerprint density at radius 3 is 2.50 bits per heavy atom. The van der Waals surface area contributed by atoms with Gasteiger partial charge in [0.2, 0.25) is 0 Å². The van der Waals surface area contributed by atoms with Gasteiger partial charge in [0, 0.05) is 37.1 Å². The number of fused-ring (bicyclic) bond motifs is 2. The molecule has 0 unspecified atom stereocenters. The number of aromatic nitrogens is 1. The molecule has 3 aromatic rings. The molecule has 0 spiro atoms. The molecule has 0 aliphatic carbocycles. The molecule has 0 radical (unpaired) electrons. The van der Waals surface area contributed by atoms with Gasteiger partial charge in [-0.05, 0) is 48.7 Å². The number of nitrogens with one attached hydrogen (secondary N) is 1. The van der Waals surface area contributed by atoms with Crippen molar-refractivity contribution in [3.05, 3.63) is 63.9 Å². The number of alkyl halides is 3. The van der Waals surface area contributed by atoms with E-state index in [4.69, 9.17) is 14.2 Å². The molecule has 1 aromatic heterocycles. The monoisotopic (exact) mass is 503 g/mol. The van der Waals surface area contributed by atoms with Gasteiger partial charge in [-0.25, -0.2) is 0 Å². The quantitative estimate of drug-likeness (QED) is 0.549. The first-order valence-corrected chi connectivity index (χ1v) is 11.9. The third-order valence-electron chi connectivity index (χ3n) is 6.75.